The second-order valence-corrected chi connectivity index (χ2v) is 5.00. The van der Waals surface area contributed by atoms with Crippen molar-refractivity contribution in [2.75, 3.05) is 11.1 Å². The Kier molecular flexibility index (Phi) is 3.54. The van der Waals surface area contributed by atoms with E-state index in [1.165, 1.54) is 0 Å². The summed E-state index contributed by atoms with van der Waals surface area (Å²) in [7, 11) is 0. The molecule has 1 aromatic heterocycles. The molecule has 0 aliphatic carbocycles. The van der Waals surface area contributed by atoms with Gasteiger partial charge in [-0.25, -0.2) is 4.98 Å². The van der Waals surface area contributed by atoms with Crippen LogP contribution in [0.2, 0.25) is 5.02 Å². The zero-order valence-corrected chi connectivity index (χ0v) is 11.5. The number of hydrogen-bond donors (Lipinski definition) is 2. The number of rotatable bonds is 2. The molecule has 0 saturated carbocycles. The van der Waals surface area contributed by atoms with E-state index in [9.17, 15) is 0 Å². The van der Waals surface area contributed by atoms with Crippen molar-refractivity contribution in [2.24, 2.45) is 0 Å². The molecule has 1 aromatic carbocycles. The molecule has 2 rings (SSSR count). The van der Waals surface area contributed by atoms with Crippen molar-refractivity contribution in [3.8, 4) is 0 Å². The van der Waals surface area contributed by atoms with Crippen LogP contribution in [0.15, 0.2) is 34.9 Å². The van der Waals surface area contributed by atoms with E-state index in [0.717, 1.165) is 21.5 Å². The Morgan fingerprint density at radius 1 is 1.35 bits per heavy atom. The lowest BCUT2D eigenvalue weighted by Gasteiger charge is -2.09. The smallest absolute Gasteiger partial charge is 0.130 e. The highest BCUT2D eigenvalue weighted by molar-refractivity contribution is 9.10. The van der Waals surface area contributed by atoms with Crippen molar-refractivity contribution in [2.45, 2.75) is 6.92 Å². The Labute approximate surface area is 113 Å². The highest BCUT2D eigenvalue weighted by Crippen LogP contribution is 2.28. The Balaban J connectivity index is 2.31. The summed E-state index contributed by atoms with van der Waals surface area (Å²) < 4.78 is 0.955. The van der Waals surface area contributed by atoms with Crippen molar-refractivity contribution in [3.63, 3.8) is 0 Å². The molecule has 0 fully saturated rings. The fraction of sp³-hybridized carbons (Fsp3) is 0.0833. The van der Waals surface area contributed by atoms with Gasteiger partial charge in [-0.05, 0) is 36.8 Å². The predicted molar refractivity (Wildman–Crippen MR) is 75.8 cm³/mol. The van der Waals surface area contributed by atoms with E-state index in [-0.39, 0.29) is 0 Å². The molecule has 0 saturated heterocycles. The van der Waals surface area contributed by atoms with Crippen molar-refractivity contribution >= 4 is 44.7 Å². The lowest BCUT2D eigenvalue weighted by atomic mass is 10.2. The number of nitrogen functional groups attached to an aromatic ring is 1. The summed E-state index contributed by atoms with van der Waals surface area (Å²) in [6.45, 7) is 1.94. The summed E-state index contributed by atoms with van der Waals surface area (Å²) in [6.07, 6.45) is 1.63. The highest BCUT2D eigenvalue weighted by Gasteiger charge is 2.03. The number of hydrogen-bond acceptors (Lipinski definition) is 3. The molecule has 5 heteroatoms. The lowest BCUT2D eigenvalue weighted by molar-refractivity contribution is 1.28. The largest absolute Gasteiger partial charge is 0.397 e. The van der Waals surface area contributed by atoms with Crippen LogP contribution in [0.1, 0.15) is 5.56 Å². The van der Waals surface area contributed by atoms with Gasteiger partial charge in [0.2, 0.25) is 0 Å². The number of aryl methyl sites for hydroxylation is 1. The molecule has 2 aromatic rings. The van der Waals surface area contributed by atoms with E-state index in [4.69, 9.17) is 17.3 Å². The summed E-state index contributed by atoms with van der Waals surface area (Å²) in [5, 5.41) is 3.80. The lowest BCUT2D eigenvalue weighted by Crippen LogP contribution is -1.97. The predicted octanol–water partition coefficient (Wildman–Crippen LogP) is 4.13. The number of anilines is 3. The first-order chi connectivity index (χ1) is 8.06. The minimum absolute atomic E-state index is 0.643. The second-order valence-electron chi connectivity index (χ2n) is 3.68. The van der Waals surface area contributed by atoms with Crippen LogP contribution in [0.5, 0.6) is 0 Å². The minimum atomic E-state index is 0.643. The van der Waals surface area contributed by atoms with E-state index in [1.807, 2.05) is 31.2 Å². The summed E-state index contributed by atoms with van der Waals surface area (Å²) >= 11 is 9.48. The fourth-order valence-corrected chi connectivity index (χ4v) is 1.89. The maximum atomic E-state index is 6.08. The molecule has 0 radical (unpaired) electrons. The normalized spacial score (nSPS) is 10.3. The molecule has 0 atom stereocenters. The van der Waals surface area contributed by atoms with Crippen molar-refractivity contribution in [1.29, 1.82) is 0 Å². The first-order valence-corrected chi connectivity index (χ1v) is 6.17. The number of halogens is 2. The monoisotopic (exact) mass is 311 g/mol. The van der Waals surface area contributed by atoms with Crippen LogP contribution < -0.4 is 11.1 Å². The first kappa shape index (κ1) is 12.2. The third-order valence-electron chi connectivity index (χ3n) is 2.34. The number of nitrogens with zero attached hydrogens (tertiary/aromatic N) is 1. The van der Waals surface area contributed by atoms with Crippen LogP contribution in [-0.2, 0) is 0 Å². The van der Waals surface area contributed by atoms with Gasteiger partial charge in [0.15, 0.2) is 0 Å². The van der Waals surface area contributed by atoms with Crippen LogP contribution >= 0.6 is 27.5 Å². The van der Waals surface area contributed by atoms with Crippen molar-refractivity contribution in [3.05, 3.63) is 45.5 Å². The molecule has 0 aliphatic rings. The van der Waals surface area contributed by atoms with Gasteiger partial charge in [0.1, 0.15) is 5.82 Å². The van der Waals surface area contributed by atoms with E-state index in [0.29, 0.717) is 10.7 Å². The standard InChI is InChI=1S/C12H11BrClN3/c1-7-4-12(16-6-10(7)15)17-11-5-8(13)2-3-9(11)14/h2-6H,15H2,1H3,(H,16,17). The molecular weight excluding hydrogens is 302 g/mol. The van der Waals surface area contributed by atoms with Gasteiger partial charge >= 0.3 is 0 Å². The molecule has 0 unspecified atom stereocenters. The van der Waals surface area contributed by atoms with Gasteiger partial charge in [-0.3, -0.25) is 0 Å². The number of aromatic nitrogens is 1. The number of pyridine rings is 1. The molecule has 17 heavy (non-hydrogen) atoms. The minimum Gasteiger partial charge on any atom is -0.397 e. The zero-order chi connectivity index (χ0) is 12.4. The molecule has 3 nitrogen and oxygen atoms in total. The Morgan fingerprint density at radius 2 is 2.12 bits per heavy atom. The summed E-state index contributed by atoms with van der Waals surface area (Å²) in [4.78, 5) is 4.20. The van der Waals surface area contributed by atoms with E-state index in [1.54, 1.807) is 6.20 Å². The molecule has 3 N–H and O–H groups in total. The van der Waals surface area contributed by atoms with E-state index >= 15 is 0 Å². The Bertz CT molecular complexity index is 557. The van der Waals surface area contributed by atoms with Crippen LogP contribution in [-0.4, -0.2) is 4.98 Å². The number of nitrogens with two attached hydrogens (primary N) is 1. The fourth-order valence-electron chi connectivity index (χ4n) is 1.37. The summed E-state index contributed by atoms with van der Waals surface area (Å²) in [5.41, 5.74) is 8.17. The highest BCUT2D eigenvalue weighted by atomic mass is 79.9. The molecule has 0 amide bonds. The van der Waals surface area contributed by atoms with Gasteiger partial charge in [-0.1, -0.05) is 27.5 Å². The van der Waals surface area contributed by atoms with Crippen molar-refractivity contribution < 1.29 is 0 Å². The summed E-state index contributed by atoms with van der Waals surface area (Å²) in [6, 6.07) is 7.48. The van der Waals surface area contributed by atoms with Crippen LogP contribution in [0.4, 0.5) is 17.2 Å². The van der Waals surface area contributed by atoms with Crippen LogP contribution in [0.25, 0.3) is 0 Å². The third-order valence-corrected chi connectivity index (χ3v) is 3.17. The second kappa shape index (κ2) is 4.94. The topological polar surface area (TPSA) is 50.9 Å². The number of nitrogens with one attached hydrogen (secondary N) is 1. The zero-order valence-electron chi connectivity index (χ0n) is 9.17. The molecule has 0 spiro atoms. The third kappa shape index (κ3) is 2.90. The maximum Gasteiger partial charge on any atom is 0.130 e. The molecule has 88 valence electrons. The molecule has 1 heterocycles. The maximum absolute atomic E-state index is 6.08. The average Bonchev–Trinajstić information content (AvgIpc) is 2.29. The van der Waals surface area contributed by atoms with Gasteiger partial charge in [0.25, 0.3) is 0 Å². The Hall–Kier alpha value is -1.26. The van der Waals surface area contributed by atoms with Gasteiger partial charge in [0.05, 0.1) is 22.6 Å². The van der Waals surface area contributed by atoms with Gasteiger partial charge < -0.3 is 11.1 Å². The SMILES string of the molecule is Cc1cc(Nc2cc(Br)ccc2Cl)ncc1N. The molecule has 0 bridgehead atoms. The van der Waals surface area contributed by atoms with Crippen molar-refractivity contribution in [1.82, 2.24) is 4.98 Å². The van der Waals surface area contributed by atoms with Gasteiger partial charge in [-0.15, -0.1) is 0 Å². The quantitative estimate of drug-likeness (QED) is 0.876. The van der Waals surface area contributed by atoms with Crippen LogP contribution in [0, 0.1) is 6.92 Å². The summed E-state index contributed by atoms with van der Waals surface area (Å²) in [5.74, 6) is 0.719. The molecule has 0 aliphatic heterocycles. The van der Waals surface area contributed by atoms with Crippen LogP contribution in [0.3, 0.4) is 0 Å². The Morgan fingerprint density at radius 3 is 2.82 bits per heavy atom. The van der Waals surface area contributed by atoms with E-state index < -0.39 is 0 Å². The van der Waals surface area contributed by atoms with E-state index in [2.05, 4.69) is 26.2 Å². The number of benzene rings is 1. The molecular formula is C12H11BrClN3. The first-order valence-electron chi connectivity index (χ1n) is 5.00. The average molecular weight is 313 g/mol. The van der Waals surface area contributed by atoms with Gasteiger partial charge in [-0.2, -0.15) is 0 Å². The van der Waals surface area contributed by atoms with Gasteiger partial charge in [0, 0.05) is 4.47 Å².